The Labute approximate surface area is 198 Å². The van der Waals surface area contributed by atoms with Crippen LogP contribution in [0.3, 0.4) is 0 Å². The number of ether oxygens (including phenoxy) is 2. The summed E-state index contributed by atoms with van der Waals surface area (Å²) in [6.07, 6.45) is 7.17. The summed E-state index contributed by atoms with van der Waals surface area (Å²) in [5.74, 6) is 0.264. The number of allylic oxidation sites excluding steroid dienone is 2. The maximum atomic E-state index is 15.0. The fraction of sp³-hybridized carbons (Fsp3) is 0.286. The summed E-state index contributed by atoms with van der Waals surface area (Å²) in [5, 5.41) is 18.1. The number of nitrogens with zero attached hydrogens (tertiary/aromatic N) is 6. The number of pyridine rings is 1. The van der Waals surface area contributed by atoms with Gasteiger partial charge in [-0.05, 0) is 13.8 Å². The molecule has 5 rings (SSSR count). The van der Waals surface area contributed by atoms with E-state index in [1.54, 1.807) is 28.7 Å². The van der Waals surface area contributed by atoms with E-state index >= 15 is 0 Å². The van der Waals surface area contributed by atoms with Crippen LogP contribution in [0.2, 0.25) is 5.02 Å². The van der Waals surface area contributed by atoms with Crippen LogP contribution in [0.4, 0.5) is 16.2 Å². The van der Waals surface area contributed by atoms with E-state index in [2.05, 4.69) is 30.7 Å². The Kier molecular flexibility index (Phi) is 5.33. The molecular formula is C21H21ClFN9O2. The number of hydrogen-bond donors (Lipinski definition) is 3. The second-order valence-corrected chi connectivity index (χ2v) is 8.68. The molecule has 0 radical (unpaired) electrons. The molecule has 34 heavy (non-hydrogen) atoms. The number of aliphatic imine (C=N–C) groups is 1. The molecule has 0 saturated heterocycles. The van der Waals surface area contributed by atoms with Crippen molar-refractivity contribution in [3.63, 3.8) is 0 Å². The number of anilines is 2. The van der Waals surface area contributed by atoms with Crippen molar-refractivity contribution < 1.29 is 13.9 Å². The number of imidazole rings is 1. The highest BCUT2D eigenvalue weighted by atomic mass is 35.5. The Morgan fingerprint density at radius 3 is 3.00 bits per heavy atom. The first-order valence-electron chi connectivity index (χ1n) is 10.3. The van der Waals surface area contributed by atoms with Crippen molar-refractivity contribution in [3.8, 4) is 5.75 Å². The Bertz CT molecular complexity index is 1400. The molecule has 11 nitrogen and oxygen atoms in total. The van der Waals surface area contributed by atoms with Crippen LogP contribution < -0.4 is 15.4 Å². The number of aryl methyl sites for hydroxylation is 1. The topological polar surface area (TPSA) is 127 Å². The van der Waals surface area contributed by atoms with Gasteiger partial charge in [-0.3, -0.25) is 9.67 Å². The molecule has 5 heterocycles. The zero-order valence-corrected chi connectivity index (χ0v) is 19.3. The highest BCUT2D eigenvalue weighted by Gasteiger charge is 2.31. The van der Waals surface area contributed by atoms with Crippen molar-refractivity contribution in [2.24, 2.45) is 12.0 Å². The van der Waals surface area contributed by atoms with E-state index in [1.165, 1.54) is 12.4 Å². The molecule has 0 saturated carbocycles. The molecule has 3 aromatic rings. The molecule has 0 amide bonds. The second kappa shape index (κ2) is 8.22. The van der Waals surface area contributed by atoms with Gasteiger partial charge in [0.15, 0.2) is 28.8 Å². The van der Waals surface area contributed by atoms with Gasteiger partial charge in [-0.1, -0.05) is 11.6 Å². The summed E-state index contributed by atoms with van der Waals surface area (Å²) in [5.41, 5.74) is 1.23. The Morgan fingerprint density at radius 2 is 2.26 bits per heavy atom. The first-order chi connectivity index (χ1) is 16.3. The smallest absolute Gasteiger partial charge is 0.211 e. The van der Waals surface area contributed by atoms with Crippen LogP contribution in [0.1, 0.15) is 19.5 Å². The average molecular weight is 486 g/mol. The summed E-state index contributed by atoms with van der Waals surface area (Å²) < 4.78 is 29.7. The fourth-order valence-electron chi connectivity index (χ4n) is 3.64. The predicted molar refractivity (Wildman–Crippen MR) is 125 cm³/mol. The molecule has 0 spiro atoms. The van der Waals surface area contributed by atoms with E-state index in [1.807, 2.05) is 13.8 Å². The van der Waals surface area contributed by atoms with Crippen LogP contribution in [0.5, 0.6) is 5.75 Å². The predicted octanol–water partition coefficient (Wildman–Crippen LogP) is 3.39. The number of nitrogens with one attached hydrogen (secondary N) is 3. The van der Waals surface area contributed by atoms with Gasteiger partial charge in [0.2, 0.25) is 5.95 Å². The van der Waals surface area contributed by atoms with Gasteiger partial charge in [0.25, 0.3) is 0 Å². The van der Waals surface area contributed by atoms with E-state index in [9.17, 15) is 4.39 Å². The lowest BCUT2D eigenvalue weighted by Gasteiger charge is -2.30. The Hall–Kier alpha value is -3.77. The maximum Gasteiger partial charge on any atom is 0.211 e. The van der Waals surface area contributed by atoms with Gasteiger partial charge >= 0.3 is 0 Å². The molecule has 13 heteroatoms. The minimum Gasteiger partial charge on any atom is -0.450 e. The third kappa shape index (κ3) is 3.80. The van der Waals surface area contributed by atoms with Gasteiger partial charge in [0, 0.05) is 19.4 Å². The van der Waals surface area contributed by atoms with Gasteiger partial charge in [-0.2, -0.15) is 10.1 Å². The molecule has 0 bridgehead atoms. The van der Waals surface area contributed by atoms with Gasteiger partial charge in [0.1, 0.15) is 21.9 Å². The lowest BCUT2D eigenvalue weighted by molar-refractivity contribution is -0.0673. The van der Waals surface area contributed by atoms with E-state index in [4.69, 9.17) is 26.5 Å². The molecule has 2 aliphatic heterocycles. The second-order valence-electron chi connectivity index (χ2n) is 8.31. The minimum atomic E-state index is -0.497. The molecule has 0 aliphatic carbocycles. The molecule has 0 unspecified atom stereocenters. The van der Waals surface area contributed by atoms with Gasteiger partial charge < -0.3 is 30.1 Å². The molecule has 0 aromatic carbocycles. The van der Waals surface area contributed by atoms with Crippen molar-refractivity contribution in [1.82, 2.24) is 29.6 Å². The Balaban J connectivity index is 1.47. The molecule has 0 atom stereocenters. The SMILES string of the molecule is Cn1c(Nc2nn3c(c2F)COC(C)(C)C3)nc2ncc(O/C(C=N)=C3\C=NC=CN3)c(Cl)c21. The number of aromatic nitrogens is 5. The number of halogens is 2. The van der Waals surface area contributed by atoms with Gasteiger partial charge in [-0.25, -0.2) is 9.37 Å². The molecule has 2 aliphatic rings. The van der Waals surface area contributed by atoms with Gasteiger partial charge in [0.05, 0.1) is 37.4 Å². The zero-order chi connectivity index (χ0) is 24.0. The third-order valence-corrected chi connectivity index (χ3v) is 5.74. The lowest BCUT2D eigenvalue weighted by Crippen LogP contribution is -2.36. The van der Waals surface area contributed by atoms with Crippen LogP contribution >= 0.6 is 11.6 Å². The summed E-state index contributed by atoms with van der Waals surface area (Å²) in [6, 6.07) is 0. The minimum absolute atomic E-state index is 0.0360. The number of fused-ring (bicyclic) bond motifs is 2. The number of hydrogen-bond acceptors (Lipinski definition) is 9. The van der Waals surface area contributed by atoms with Crippen molar-refractivity contribution in [1.29, 1.82) is 5.41 Å². The quantitative estimate of drug-likeness (QED) is 0.373. The zero-order valence-electron chi connectivity index (χ0n) is 18.6. The van der Waals surface area contributed by atoms with Crippen molar-refractivity contribution in [2.45, 2.75) is 32.6 Å². The van der Waals surface area contributed by atoms with Crippen LogP contribution in [-0.2, 0) is 24.9 Å². The summed E-state index contributed by atoms with van der Waals surface area (Å²) >= 11 is 6.62. The molecule has 3 aromatic heterocycles. The summed E-state index contributed by atoms with van der Waals surface area (Å²) in [7, 11) is 1.71. The highest BCUT2D eigenvalue weighted by molar-refractivity contribution is 6.36. The molecule has 176 valence electrons. The van der Waals surface area contributed by atoms with E-state index in [0.717, 1.165) is 6.21 Å². The largest absolute Gasteiger partial charge is 0.450 e. The maximum absolute atomic E-state index is 15.0. The fourth-order valence-corrected chi connectivity index (χ4v) is 3.93. The van der Waals surface area contributed by atoms with Crippen LogP contribution in [0.25, 0.3) is 11.2 Å². The molecule has 0 fully saturated rings. The standard InChI is InChI=1S/C21H21ClFN9O2/c1-21(2)10-32-12(9-33-21)16(23)18(30-32)28-20-29-19-17(31(20)3)15(22)14(8-27-19)34-13(6-24)11-7-25-4-5-26-11/h4-8,24,26H,9-10H2,1-3H3,(H,27,28,29,30)/b13-11+,24-6?. The lowest BCUT2D eigenvalue weighted by atomic mass is 10.1. The Morgan fingerprint density at radius 1 is 1.44 bits per heavy atom. The van der Waals surface area contributed by atoms with Crippen LogP contribution in [0.15, 0.2) is 35.0 Å². The molecule has 3 N–H and O–H groups in total. The monoisotopic (exact) mass is 485 g/mol. The summed E-state index contributed by atoms with van der Waals surface area (Å²) in [4.78, 5) is 12.8. The highest BCUT2D eigenvalue weighted by Crippen LogP contribution is 2.35. The summed E-state index contributed by atoms with van der Waals surface area (Å²) in [6.45, 7) is 4.41. The third-order valence-electron chi connectivity index (χ3n) is 5.38. The van der Waals surface area contributed by atoms with E-state index < -0.39 is 11.4 Å². The van der Waals surface area contributed by atoms with E-state index in [0.29, 0.717) is 35.0 Å². The van der Waals surface area contributed by atoms with E-state index in [-0.39, 0.29) is 29.0 Å². The van der Waals surface area contributed by atoms with Crippen molar-refractivity contribution >= 4 is 47.0 Å². The average Bonchev–Trinajstić information content (AvgIpc) is 3.29. The normalized spacial score (nSPS) is 17.9. The molecular weight excluding hydrogens is 465 g/mol. The first-order valence-corrected chi connectivity index (χ1v) is 10.7. The number of rotatable bonds is 5. The van der Waals surface area contributed by atoms with Crippen LogP contribution in [-0.4, -0.2) is 42.3 Å². The van der Waals surface area contributed by atoms with Crippen molar-refractivity contribution in [2.75, 3.05) is 5.32 Å². The first kappa shape index (κ1) is 22.0. The van der Waals surface area contributed by atoms with Gasteiger partial charge in [-0.15, -0.1) is 0 Å². The van der Waals surface area contributed by atoms with Crippen LogP contribution in [0, 0.1) is 11.2 Å². The van der Waals surface area contributed by atoms with Crippen molar-refractivity contribution in [3.05, 3.63) is 46.6 Å².